The van der Waals surface area contributed by atoms with Gasteiger partial charge in [-0.15, -0.1) is 11.3 Å². The molecular weight excluding hydrogens is 362 g/mol. The summed E-state index contributed by atoms with van der Waals surface area (Å²) < 4.78 is 5.62. The number of ether oxygens (including phenoxy) is 1. The van der Waals surface area contributed by atoms with E-state index in [-0.39, 0.29) is 23.6 Å². The van der Waals surface area contributed by atoms with E-state index >= 15 is 0 Å². The van der Waals surface area contributed by atoms with Crippen molar-refractivity contribution in [3.8, 4) is 0 Å². The topological polar surface area (TPSA) is 84.1 Å². The van der Waals surface area contributed by atoms with Crippen LogP contribution in [0, 0.1) is 5.92 Å². The van der Waals surface area contributed by atoms with Crippen molar-refractivity contribution in [1.82, 2.24) is 15.3 Å². The van der Waals surface area contributed by atoms with Gasteiger partial charge in [-0.1, -0.05) is 6.92 Å². The lowest BCUT2D eigenvalue weighted by molar-refractivity contribution is -0.122. The second-order valence-electron chi connectivity index (χ2n) is 7.95. The van der Waals surface area contributed by atoms with E-state index < -0.39 is 0 Å². The normalized spacial score (nSPS) is 23.3. The molecular formula is C20H27N3O3S. The van der Waals surface area contributed by atoms with Crippen LogP contribution in [0.5, 0.6) is 0 Å². The van der Waals surface area contributed by atoms with E-state index in [2.05, 4.69) is 22.2 Å². The van der Waals surface area contributed by atoms with Crippen LogP contribution in [-0.4, -0.2) is 34.6 Å². The first-order chi connectivity index (χ1) is 13.0. The molecule has 2 aromatic heterocycles. The average Bonchev–Trinajstić information content (AvgIpc) is 3.27. The van der Waals surface area contributed by atoms with Crippen LogP contribution in [0.15, 0.2) is 4.79 Å². The van der Waals surface area contributed by atoms with E-state index in [1.165, 1.54) is 10.4 Å². The molecule has 6 nitrogen and oxygen atoms in total. The minimum Gasteiger partial charge on any atom is -0.376 e. The van der Waals surface area contributed by atoms with Gasteiger partial charge >= 0.3 is 0 Å². The number of carbonyl (C=O) groups excluding carboxylic acids is 1. The number of H-pyrrole nitrogens is 1. The first-order valence-corrected chi connectivity index (χ1v) is 10.8. The summed E-state index contributed by atoms with van der Waals surface area (Å²) in [5.74, 6) is 1.23. The van der Waals surface area contributed by atoms with Gasteiger partial charge in [0, 0.05) is 24.3 Å². The molecule has 0 aromatic carbocycles. The highest BCUT2D eigenvalue weighted by Gasteiger charge is 2.24. The molecule has 1 saturated heterocycles. The monoisotopic (exact) mass is 389 g/mol. The van der Waals surface area contributed by atoms with Gasteiger partial charge in [-0.3, -0.25) is 9.59 Å². The first-order valence-electron chi connectivity index (χ1n) is 9.95. The standard InChI is InChI=1S/C20H27N3O3S/c1-11-5-6-13-15(10-11)27-20-18(13)19(25)22-16(23-20)7-8-17(24)21-12(2)14-4-3-9-26-14/h11-12,14H,3-10H2,1-2H3,(H,21,24)(H,22,23,25). The van der Waals surface area contributed by atoms with Gasteiger partial charge in [-0.2, -0.15) is 0 Å². The van der Waals surface area contributed by atoms with Crippen molar-refractivity contribution in [2.75, 3.05) is 6.61 Å². The first kappa shape index (κ1) is 18.6. The SMILES string of the molecule is CC1CCc2c(sc3nc(CCC(=O)NC(C)C4CCCO4)[nH]c(=O)c23)C1. The number of hydrogen-bond donors (Lipinski definition) is 2. The second-order valence-corrected chi connectivity index (χ2v) is 9.04. The zero-order chi connectivity index (χ0) is 19.0. The fourth-order valence-corrected chi connectivity index (χ4v) is 5.56. The van der Waals surface area contributed by atoms with Gasteiger partial charge in [-0.05, 0) is 50.5 Å². The van der Waals surface area contributed by atoms with Crippen molar-refractivity contribution >= 4 is 27.5 Å². The number of carbonyl (C=O) groups is 1. The summed E-state index contributed by atoms with van der Waals surface area (Å²) in [4.78, 5) is 34.5. The Morgan fingerprint density at radius 1 is 1.44 bits per heavy atom. The van der Waals surface area contributed by atoms with E-state index in [9.17, 15) is 9.59 Å². The van der Waals surface area contributed by atoms with Crippen molar-refractivity contribution in [1.29, 1.82) is 0 Å². The third-order valence-corrected chi connectivity index (χ3v) is 6.86. The molecule has 4 rings (SSSR count). The van der Waals surface area contributed by atoms with Gasteiger partial charge in [-0.25, -0.2) is 4.98 Å². The molecule has 1 amide bonds. The number of rotatable bonds is 5. The third-order valence-electron chi connectivity index (χ3n) is 5.71. The number of aromatic amines is 1. The molecule has 7 heteroatoms. The van der Waals surface area contributed by atoms with Gasteiger partial charge in [0.25, 0.3) is 5.56 Å². The molecule has 3 heterocycles. The van der Waals surface area contributed by atoms with Crippen LogP contribution in [0.2, 0.25) is 0 Å². The Kier molecular flexibility index (Phi) is 5.32. The lowest BCUT2D eigenvalue weighted by Crippen LogP contribution is -2.40. The van der Waals surface area contributed by atoms with Crippen LogP contribution in [0.25, 0.3) is 10.2 Å². The van der Waals surface area contributed by atoms with Crippen molar-refractivity contribution in [2.45, 2.75) is 70.9 Å². The van der Waals surface area contributed by atoms with Crippen molar-refractivity contribution in [3.05, 3.63) is 26.6 Å². The number of hydrogen-bond acceptors (Lipinski definition) is 5. The number of aryl methyl sites for hydroxylation is 2. The van der Waals surface area contributed by atoms with Gasteiger partial charge in [0.15, 0.2) is 0 Å². The quantitative estimate of drug-likeness (QED) is 0.824. The molecule has 146 valence electrons. The van der Waals surface area contributed by atoms with Crippen LogP contribution < -0.4 is 10.9 Å². The number of thiophene rings is 1. The van der Waals surface area contributed by atoms with Gasteiger partial charge in [0.1, 0.15) is 10.7 Å². The van der Waals surface area contributed by atoms with Crippen molar-refractivity contribution < 1.29 is 9.53 Å². The Morgan fingerprint density at radius 3 is 3.07 bits per heavy atom. The summed E-state index contributed by atoms with van der Waals surface area (Å²) in [5, 5.41) is 3.77. The summed E-state index contributed by atoms with van der Waals surface area (Å²) in [6.07, 6.45) is 6.04. The molecule has 0 spiro atoms. The maximum Gasteiger partial charge on any atom is 0.259 e. The van der Waals surface area contributed by atoms with E-state index in [4.69, 9.17) is 4.74 Å². The highest BCUT2D eigenvalue weighted by Crippen LogP contribution is 2.35. The van der Waals surface area contributed by atoms with Crippen molar-refractivity contribution in [2.24, 2.45) is 5.92 Å². The Balaban J connectivity index is 1.43. The smallest absolute Gasteiger partial charge is 0.259 e. The summed E-state index contributed by atoms with van der Waals surface area (Å²) in [7, 11) is 0. The number of aromatic nitrogens is 2. The third kappa shape index (κ3) is 3.94. The fourth-order valence-electron chi connectivity index (χ4n) is 4.16. The molecule has 3 atom stereocenters. The number of amides is 1. The van der Waals surface area contributed by atoms with Crippen LogP contribution in [-0.2, 0) is 28.8 Å². The largest absolute Gasteiger partial charge is 0.376 e. The predicted molar refractivity (Wildman–Crippen MR) is 106 cm³/mol. The van der Waals surface area contributed by atoms with Crippen LogP contribution >= 0.6 is 11.3 Å². The van der Waals surface area contributed by atoms with E-state index in [1.54, 1.807) is 11.3 Å². The average molecular weight is 390 g/mol. The van der Waals surface area contributed by atoms with Crippen LogP contribution in [0.1, 0.15) is 55.8 Å². The Morgan fingerprint density at radius 2 is 2.30 bits per heavy atom. The maximum absolute atomic E-state index is 12.6. The molecule has 0 saturated carbocycles. The van der Waals surface area contributed by atoms with E-state index in [0.717, 1.165) is 48.9 Å². The van der Waals surface area contributed by atoms with Crippen LogP contribution in [0.4, 0.5) is 0 Å². The second kappa shape index (κ2) is 7.72. The Labute approximate surface area is 162 Å². The zero-order valence-corrected chi connectivity index (χ0v) is 16.8. The number of fused-ring (bicyclic) bond motifs is 3. The Hall–Kier alpha value is -1.73. The number of nitrogens with zero attached hydrogens (tertiary/aromatic N) is 1. The molecule has 27 heavy (non-hydrogen) atoms. The summed E-state index contributed by atoms with van der Waals surface area (Å²) >= 11 is 1.65. The minimum absolute atomic E-state index is 0.0144. The summed E-state index contributed by atoms with van der Waals surface area (Å²) in [6.45, 7) is 5.02. The minimum atomic E-state index is -0.0600. The maximum atomic E-state index is 12.6. The fraction of sp³-hybridized carbons (Fsp3) is 0.650. The number of nitrogens with one attached hydrogen (secondary N) is 2. The summed E-state index contributed by atoms with van der Waals surface area (Å²) in [6, 6.07) is 0.0144. The molecule has 2 aliphatic rings. The molecule has 1 fully saturated rings. The lowest BCUT2D eigenvalue weighted by Gasteiger charge is -2.19. The van der Waals surface area contributed by atoms with Crippen LogP contribution in [0.3, 0.4) is 0 Å². The molecule has 0 bridgehead atoms. The lowest BCUT2D eigenvalue weighted by atomic mass is 9.89. The molecule has 0 radical (unpaired) electrons. The molecule has 1 aliphatic carbocycles. The Bertz CT molecular complexity index is 898. The molecule has 3 unspecified atom stereocenters. The highest BCUT2D eigenvalue weighted by molar-refractivity contribution is 7.18. The van der Waals surface area contributed by atoms with Gasteiger partial charge < -0.3 is 15.0 Å². The van der Waals surface area contributed by atoms with E-state index in [1.807, 2.05) is 6.92 Å². The molecule has 2 N–H and O–H groups in total. The molecule has 1 aliphatic heterocycles. The van der Waals surface area contributed by atoms with E-state index in [0.29, 0.717) is 24.6 Å². The highest BCUT2D eigenvalue weighted by atomic mass is 32.1. The van der Waals surface area contributed by atoms with Gasteiger partial charge in [0.05, 0.1) is 17.5 Å². The summed E-state index contributed by atoms with van der Waals surface area (Å²) in [5.41, 5.74) is 1.13. The zero-order valence-electron chi connectivity index (χ0n) is 16.0. The van der Waals surface area contributed by atoms with Crippen molar-refractivity contribution in [3.63, 3.8) is 0 Å². The predicted octanol–water partition coefficient (Wildman–Crippen LogP) is 2.73. The molecule has 2 aromatic rings. The van der Waals surface area contributed by atoms with Gasteiger partial charge in [0.2, 0.25) is 5.91 Å².